The van der Waals surface area contributed by atoms with Gasteiger partial charge in [-0.05, 0) is 25.7 Å². The normalized spacial score (nSPS) is 27.8. The first-order valence-corrected chi connectivity index (χ1v) is 7.32. The fraction of sp³-hybridized carbons (Fsp3) is 0.933. The van der Waals surface area contributed by atoms with Crippen LogP contribution in [0.15, 0.2) is 0 Å². The fourth-order valence-corrected chi connectivity index (χ4v) is 3.13. The first kappa shape index (κ1) is 14.0. The number of ether oxygens (including phenoxy) is 1. The van der Waals surface area contributed by atoms with Crippen molar-refractivity contribution < 1.29 is 9.53 Å². The van der Waals surface area contributed by atoms with Crippen LogP contribution in [0.3, 0.4) is 0 Å². The summed E-state index contributed by atoms with van der Waals surface area (Å²) in [7, 11) is 1.75. The van der Waals surface area contributed by atoms with Crippen LogP contribution < -0.4 is 0 Å². The summed E-state index contributed by atoms with van der Waals surface area (Å²) in [4.78, 5) is 14.9. The highest BCUT2D eigenvalue weighted by atomic mass is 16.5. The van der Waals surface area contributed by atoms with E-state index in [9.17, 15) is 4.79 Å². The number of Topliss-reactive ketones (excluding diaryl/α,β-unsaturated/α-hetero) is 1. The lowest BCUT2D eigenvalue weighted by Crippen LogP contribution is -2.43. The highest BCUT2D eigenvalue weighted by molar-refractivity contribution is 5.87. The highest BCUT2D eigenvalue weighted by Gasteiger charge is 2.39. The van der Waals surface area contributed by atoms with E-state index in [2.05, 4.69) is 18.7 Å². The molecule has 0 aromatic carbocycles. The van der Waals surface area contributed by atoms with Crippen LogP contribution in [-0.2, 0) is 9.53 Å². The van der Waals surface area contributed by atoms with Gasteiger partial charge in [-0.2, -0.15) is 0 Å². The van der Waals surface area contributed by atoms with Crippen molar-refractivity contribution in [1.29, 1.82) is 0 Å². The molecule has 0 heterocycles. The van der Waals surface area contributed by atoms with Gasteiger partial charge in [-0.25, -0.2) is 0 Å². The van der Waals surface area contributed by atoms with Crippen LogP contribution in [0.2, 0.25) is 0 Å². The summed E-state index contributed by atoms with van der Waals surface area (Å²) in [6.07, 6.45) is 5.94. The molecule has 2 rings (SSSR count). The van der Waals surface area contributed by atoms with Crippen molar-refractivity contribution in [3.05, 3.63) is 0 Å². The van der Waals surface area contributed by atoms with Crippen molar-refractivity contribution in [2.45, 2.75) is 52.0 Å². The highest BCUT2D eigenvalue weighted by Crippen LogP contribution is 2.37. The molecule has 104 valence electrons. The Kier molecular flexibility index (Phi) is 4.44. The van der Waals surface area contributed by atoms with Gasteiger partial charge in [0.25, 0.3) is 0 Å². The number of ketones is 1. The van der Waals surface area contributed by atoms with Crippen LogP contribution in [0.5, 0.6) is 0 Å². The van der Waals surface area contributed by atoms with Gasteiger partial charge in [0.1, 0.15) is 5.78 Å². The van der Waals surface area contributed by atoms with Gasteiger partial charge in [0.05, 0.1) is 6.61 Å². The largest absolute Gasteiger partial charge is 0.383 e. The predicted octanol–water partition coefficient (Wildman–Crippen LogP) is 2.49. The second-order valence-electron chi connectivity index (χ2n) is 6.56. The standard InChI is InChI=1S/C15H27NO2/c1-15(2)8-4-5-12(14(15)17)11-16(9-10-18-3)13-6-7-13/h12-13H,4-11H2,1-3H3. The monoisotopic (exact) mass is 253 g/mol. The molecule has 0 radical (unpaired) electrons. The average Bonchev–Trinajstić information content (AvgIpc) is 3.14. The Labute approximate surface area is 111 Å². The summed E-state index contributed by atoms with van der Waals surface area (Å²) in [5.74, 6) is 0.739. The van der Waals surface area contributed by atoms with E-state index in [0.717, 1.165) is 38.6 Å². The lowest BCUT2D eigenvalue weighted by molar-refractivity contribution is -0.135. The third-order valence-corrected chi connectivity index (χ3v) is 4.49. The minimum Gasteiger partial charge on any atom is -0.383 e. The topological polar surface area (TPSA) is 29.5 Å². The van der Waals surface area contributed by atoms with Crippen LogP contribution in [0.25, 0.3) is 0 Å². The van der Waals surface area contributed by atoms with Crippen LogP contribution in [0.1, 0.15) is 46.0 Å². The van der Waals surface area contributed by atoms with Crippen molar-refractivity contribution >= 4 is 5.78 Å². The van der Waals surface area contributed by atoms with E-state index in [1.807, 2.05) is 0 Å². The Morgan fingerprint density at radius 3 is 2.67 bits per heavy atom. The maximum absolute atomic E-state index is 12.4. The van der Waals surface area contributed by atoms with Crippen molar-refractivity contribution in [3.8, 4) is 0 Å². The number of methoxy groups -OCH3 is 1. The van der Waals surface area contributed by atoms with E-state index in [1.165, 1.54) is 19.3 Å². The van der Waals surface area contributed by atoms with Gasteiger partial charge in [-0.1, -0.05) is 20.3 Å². The molecule has 2 fully saturated rings. The van der Waals surface area contributed by atoms with E-state index in [-0.39, 0.29) is 11.3 Å². The number of carbonyl (C=O) groups is 1. The van der Waals surface area contributed by atoms with Crippen molar-refractivity contribution in [2.24, 2.45) is 11.3 Å². The lowest BCUT2D eigenvalue weighted by atomic mass is 9.71. The number of hydrogen-bond acceptors (Lipinski definition) is 3. The third-order valence-electron chi connectivity index (χ3n) is 4.49. The second kappa shape index (κ2) is 5.70. The molecule has 2 aliphatic carbocycles. The lowest BCUT2D eigenvalue weighted by Gasteiger charge is -2.36. The number of nitrogens with zero attached hydrogens (tertiary/aromatic N) is 1. The number of rotatable bonds is 6. The van der Waals surface area contributed by atoms with Gasteiger partial charge < -0.3 is 4.74 Å². The van der Waals surface area contributed by atoms with E-state index in [1.54, 1.807) is 7.11 Å². The van der Waals surface area contributed by atoms with E-state index in [4.69, 9.17) is 4.74 Å². The molecule has 0 aliphatic heterocycles. The molecule has 0 saturated heterocycles. The van der Waals surface area contributed by atoms with Gasteiger partial charge in [-0.3, -0.25) is 9.69 Å². The smallest absolute Gasteiger partial charge is 0.142 e. The Hall–Kier alpha value is -0.410. The summed E-state index contributed by atoms with van der Waals surface area (Å²) < 4.78 is 5.18. The maximum atomic E-state index is 12.4. The quantitative estimate of drug-likeness (QED) is 0.728. The van der Waals surface area contributed by atoms with Gasteiger partial charge in [0, 0.05) is 37.6 Å². The molecule has 2 aliphatic rings. The maximum Gasteiger partial charge on any atom is 0.142 e. The summed E-state index contributed by atoms with van der Waals surface area (Å²) >= 11 is 0. The first-order valence-electron chi connectivity index (χ1n) is 7.32. The average molecular weight is 253 g/mol. The molecule has 0 bridgehead atoms. The van der Waals surface area contributed by atoms with E-state index < -0.39 is 0 Å². The van der Waals surface area contributed by atoms with Gasteiger partial charge in [0.15, 0.2) is 0 Å². The van der Waals surface area contributed by atoms with Crippen molar-refractivity contribution in [3.63, 3.8) is 0 Å². The van der Waals surface area contributed by atoms with Gasteiger partial charge in [-0.15, -0.1) is 0 Å². The molecule has 0 aromatic rings. The minimum atomic E-state index is -0.0978. The summed E-state index contributed by atoms with van der Waals surface area (Å²) in [6.45, 7) is 6.93. The molecule has 2 saturated carbocycles. The van der Waals surface area contributed by atoms with Gasteiger partial charge in [0.2, 0.25) is 0 Å². The Bertz CT molecular complexity index is 297. The predicted molar refractivity (Wildman–Crippen MR) is 72.6 cm³/mol. The van der Waals surface area contributed by atoms with Crippen molar-refractivity contribution in [2.75, 3.05) is 26.8 Å². The van der Waals surface area contributed by atoms with E-state index >= 15 is 0 Å². The van der Waals surface area contributed by atoms with Crippen LogP contribution >= 0.6 is 0 Å². The summed E-state index contributed by atoms with van der Waals surface area (Å²) in [5, 5.41) is 0. The molecule has 0 aromatic heterocycles. The molecule has 1 unspecified atom stereocenters. The first-order chi connectivity index (χ1) is 8.54. The zero-order valence-corrected chi connectivity index (χ0v) is 12.1. The fourth-order valence-electron chi connectivity index (χ4n) is 3.13. The number of carbonyl (C=O) groups excluding carboxylic acids is 1. The Morgan fingerprint density at radius 1 is 1.33 bits per heavy atom. The van der Waals surface area contributed by atoms with Crippen molar-refractivity contribution in [1.82, 2.24) is 4.90 Å². The van der Waals surface area contributed by atoms with Crippen LogP contribution in [0, 0.1) is 11.3 Å². The zero-order valence-electron chi connectivity index (χ0n) is 12.1. The minimum absolute atomic E-state index is 0.0978. The molecule has 0 spiro atoms. The molecular formula is C15H27NO2. The molecule has 0 N–H and O–H groups in total. The summed E-state index contributed by atoms with van der Waals surface area (Å²) in [5.41, 5.74) is -0.0978. The molecule has 18 heavy (non-hydrogen) atoms. The van der Waals surface area contributed by atoms with E-state index in [0.29, 0.717) is 5.78 Å². The van der Waals surface area contributed by atoms with Crippen LogP contribution in [-0.4, -0.2) is 43.5 Å². The SMILES string of the molecule is COCCN(CC1CCCC(C)(C)C1=O)C1CC1. The Balaban J connectivity index is 1.91. The molecule has 3 heteroatoms. The molecule has 0 amide bonds. The molecular weight excluding hydrogens is 226 g/mol. The summed E-state index contributed by atoms with van der Waals surface area (Å²) in [6, 6.07) is 0.720. The Morgan fingerprint density at radius 2 is 2.06 bits per heavy atom. The second-order valence-corrected chi connectivity index (χ2v) is 6.56. The zero-order chi connectivity index (χ0) is 13.2. The van der Waals surface area contributed by atoms with Gasteiger partial charge >= 0.3 is 0 Å². The molecule has 1 atom stereocenters. The van der Waals surface area contributed by atoms with Crippen LogP contribution in [0.4, 0.5) is 0 Å². The number of hydrogen-bond donors (Lipinski definition) is 0. The molecule has 3 nitrogen and oxygen atoms in total. The third kappa shape index (κ3) is 3.33.